The van der Waals surface area contributed by atoms with Crippen LogP contribution in [0.3, 0.4) is 0 Å². The van der Waals surface area contributed by atoms with Crippen molar-refractivity contribution < 1.29 is 9.90 Å². The zero-order chi connectivity index (χ0) is 13.3. The van der Waals surface area contributed by atoms with Gasteiger partial charge >= 0.3 is 5.97 Å². The summed E-state index contributed by atoms with van der Waals surface area (Å²) in [5.74, 6) is 0.268. The molecule has 1 aromatic rings. The van der Waals surface area contributed by atoms with Crippen LogP contribution in [0.4, 0.5) is 11.4 Å². The predicted molar refractivity (Wildman–Crippen MR) is 73.0 cm³/mol. The Balaban J connectivity index is 2.35. The van der Waals surface area contributed by atoms with Gasteiger partial charge in [-0.1, -0.05) is 13.8 Å². The van der Waals surface area contributed by atoms with Gasteiger partial charge in [0, 0.05) is 18.8 Å². The van der Waals surface area contributed by atoms with Crippen LogP contribution in [0.15, 0.2) is 18.2 Å². The second-order valence-corrected chi connectivity index (χ2v) is 5.43. The van der Waals surface area contributed by atoms with Gasteiger partial charge in [0.25, 0.3) is 0 Å². The lowest BCUT2D eigenvalue weighted by Gasteiger charge is -2.37. The maximum atomic E-state index is 11.3. The van der Waals surface area contributed by atoms with E-state index in [2.05, 4.69) is 18.7 Å². The summed E-state index contributed by atoms with van der Waals surface area (Å²) in [6, 6.07) is 5.14. The first-order valence-corrected chi connectivity index (χ1v) is 6.35. The number of anilines is 2. The quantitative estimate of drug-likeness (QED) is 0.789. The van der Waals surface area contributed by atoms with Gasteiger partial charge < -0.3 is 15.7 Å². The van der Waals surface area contributed by atoms with E-state index in [-0.39, 0.29) is 0 Å². The average molecular weight is 248 g/mol. The fourth-order valence-corrected chi connectivity index (χ4v) is 2.86. The number of rotatable bonds is 2. The number of hydrogen-bond donors (Lipinski definition) is 2. The molecule has 98 valence electrons. The summed E-state index contributed by atoms with van der Waals surface area (Å²) in [5.41, 5.74) is 7.25. The molecule has 18 heavy (non-hydrogen) atoms. The maximum Gasteiger partial charge on any atom is 0.337 e. The summed E-state index contributed by atoms with van der Waals surface area (Å²) >= 11 is 0. The molecule has 1 aliphatic rings. The number of nitrogens with two attached hydrogens (primary N) is 1. The zero-order valence-electron chi connectivity index (χ0n) is 10.9. The van der Waals surface area contributed by atoms with Gasteiger partial charge in [-0.3, -0.25) is 0 Å². The van der Waals surface area contributed by atoms with E-state index < -0.39 is 5.97 Å². The van der Waals surface area contributed by atoms with Crippen molar-refractivity contribution in [2.75, 3.05) is 23.7 Å². The highest BCUT2D eigenvalue weighted by atomic mass is 16.4. The summed E-state index contributed by atoms with van der Waals surface area (Å²) < 4.78 is 0. The largest absolute Gasteiger partial charge is 0.478 e. The summed E-state index contributed by atoms with van der Waals surface area (Å²) in [7, 11) is 0. The van der Waals surface area contributed by atoms with E-state index in [1.165, 1.54) is 6.42 Å². The molecule has 2 atom stereocenters. The third-order valence-corrected chi connectivity index (χ3v) is 3.46. The first-order valence-electron chi connectivity index (χ1n) is 6.35. The van der Waals surface area contributed by atoms with Crippen molar-refractivity contribution in [3.8, 4) is 0 Å². The van der Waals surface area contributed by atoms with Gasteiger partial charge in [0.1, 0.15) is 0 Å². The van der Waals surface area contributed by atoms with Crippen molar-refractivity contribution in [1.29, 1.82) is 0 Å². The van der Waals surface area contributed by atoms with Gasteiger partial charge in [-0.05, 0) is 36.5 Å². The Morgan fingerprint density at radius 1 is 1.33 bits per heavy atom. The number of carbonyl (C=O) groups is 1. The van der Waals surface area contributed by atoms with Crippen LogP contribution in [0, 0.1) is 11.8 Å². The predicted octanol–water partition coefficient (Wildman–Crippen LogP) is 2.45. The molecular weight excluding hydrogens is 228 g/mol. The van der Waals surface area contributed by atoms with Crippen molar-refractivity contribution in [1.82, 2.24) is 0 Å². The lowest BCUT2D eigenvalue weighted by atomic mass is 9.91. The number of nitrogen functional groups attached to an aromatic ring is 1. The van der Waals surface area contributed by atoms with Crippen molar-refractivity contribution in [2.45, 2.75) is 20.3 Å². The monoisotopic (exact) mass is 248 g/mol. The number of nitrogens with zero attached hydrogens (tertiary/aromatic N) is 1. The standard InChI is InChI=1S/C14H20N2O2/c1-9-5-10(2)8-16(7-9)13-4-3-11(15)6-12(13)14(17)18/h3-4,6,9-10H,5,7-8,15H2,1-2H3,(H,17,18)/t9-,10-/m0/s1. The zero-order valence-corrected chi connectivity index (χ0v) is 10.9. The molecule has 0 unspecified atom stereocenters. The van der Waals surface area contributed by atoms with Gasteiger partial charge in [0.2, 0.25) is 0 Å². The fourth-order valence-electron chi connectivity index (χ4n) is 2.86. The first-order chi connectivity index (χ1) is 8.47. The molecule has 1 aliphatic heterocycles. The van der Waals surface area contributed by atoms with Crippen LogP contribution in [0.2, 0.25) is 0 Å². The van der Waals surface area contributed by atoms with Gasteiger partial charge in [-0.25, -0.2) is 4.79 Å². The third-order valence-electron chi connectivity index (χ3n) is 3.46. The highest BCUT2D eigenvalue weighted by Crippen LogP contribution is 2.29. The Kier molecular flexibility index (Phi) is 3.45. The minimum atomic E-state index is -0.914. The van der Waals surface area contributed by atoms with E-state index in [4.69, 9.17) is 5.73 Å². The minimum absolute atomic E-state index is 0.302. The highest BCUT2D eigenvalue weighted by Gasteiger charge is 2.25. The summed E-state index contributed by atoms with van der Waals surface area (Å²) in [4.78, 5) is 13.5. The second-order valence-electron chi connectivity index (χ2n) is 5.43. The number of hydrogen-bond acceptors (Lipinski definition) is 3. The Morgan fingerprint density at radius 3 is 2.50 bits per heavy atom. The second kappa shape index (κ2) is 4.88. The number of benzene rings is 1. The Bertz CT molecular complexity index is 449. The molecule has 1 heterocycles. The lowest BCUT2D eigenvalue weighted by Crippen LogP contribution is -2.39. The van der Waals surface area contributed by atoms with Crippen LogP contribution in [0.5, 0.6) is 0 Å². The molecule has 1 aromatic carbocycles. The van der Waals surface area contributed by atoms with Crippen LogP contribution in [0.1, 0.15) is 30.6 Å². The van der Waals surface area contributed by atoms with E-state index in [0.717, 1.165) is 18.8 Å². The van der Waals surface area contributed by atoms with Gasteiger partial charge in [-0.2, -0.15) is 0 Å². The summed E-state index contributed by atoms with van der Waals surface area (Å²) in [6.45, 7) is 6.24. The number of aromatic carboxylic acids is 1. The van der Waals surface area contributed by atoms with E-state index in [9.17, 15) is 9.90 Å². The van der Waals surface area contributed by atoms with Crippen LogP contribution < -0.4 is 10.6 Å². The Morgan fingerprint density at radius 2 is 1.94 bits per heavy atom. The summed E-state index contributed by atoms with van der Waals surface area (Å²) in [5, 5.41) is 9.27. The third kappa shape index (κ3) is 2.58. The molecule has 0 amide bonds. The van der Waals surface area contributed by atoms with E-state index >= 15 is 0 Å². The highest BCUT2D eigenvalue weighted by molar-refractivity contribution is 5.95. The fraction of sp³-hybridized carbons (Fsp3) is 0.500. The van der Waals surface area contributed by atoms with E-state index in [0.29, 0.717) is 23.1 Å². The molecule has 0 spiro atoms. The molecule has 0 saturated carbocycles. The van der Waals surface area contributed by atoms with Crippen molar-refractivity contribution in [3.63, 3.8) is 0 Å². The van der Waals surface area contributed by atoms with Gasteiger partial charge in [0.15, 0.2) is 0 Å². The van der Waals surface area contributed by atoms with Gasteiger partial charge in [-0.15, -0.1) is 0 Å². The molecule has 4 heteroatoms. The molecule has 2 rings (SSSR count). The molecular formula is C14H20N2O2. The molecule has 1 fully saturated rings. The summed E-state index contributed by atoms with van der Waals surface area (Å²) in [6.07, 6.45) is 1.20. The Hall–Kier alpha value is -1.71. The molecule has 0 radical (unpaired) electrons. The number of carboxylic acid groups (broad SMARTS) is 1. The smallest absolute Gasteiger partial charge is 0.337 e. The molecule has 0 aliphatic carbocycles. The number of carboxylic acids is 1. The van der Waals surface area contributed by atoms with E-state index in [1.807, 2.05) is 6.07 Å². The lowest BCUT2D eigenvalue weighted by molar-refractivity contribution is 0.0697. The van der Waals surface area contributed by atoms with Crippen molar-refractivity contribution >= 4 is 17.3 Å². The topological polar surface area (TPSA) is 66.6 Å². The molecule has 4 nitrogen and oxygen atoms in total. The van der Waals surface area contributed by atoms with Crippen LogP contribution in [-0.2, 0) is 0 Å². The van der Waals surface area contributed by atoms with Crippen LogP contribution >= 0.6 is 0 Å². The molecule has 0 bridgehead atoms. The normalized spacial score (nSPS) is 24.0. The molecule has 3 N–H and O–H groups in total. The average Bonchev–Trinajstić information content (AvgIpc) is 2.27. The van der Waals surface area contributed by atoms with Crippen molar-refractivity contribution in [2.24, 2.45) is 11.8 Å². The van der Waals surface area contributed by atoms with E-state index in [1.54, 1.807) is 12.1 Å². The molecule has 1 saturated heterocycles. The first kappa shape index (κ1) is 12.7. The molecule has 0 aromatic heterocycles. The van der Waals surface area contributed by atoms with Crippen molar-refractivity contribution in [3.05, 3.63) is 23.8 Å². The van der Waals surface area contributed by atoms with Crippen LogP contribution in [0.25, 0.3) is 0 Å². The number of piperidine rings is 1. The SMILES string of the molecule is C[C@H]1C[C@H](C)CN(c2ccc(N)cc2C(=O)O)C1. The van der Waals surface area contributed by atoms with Crippen LogP contribution in [-0.4, -0.2) is 24.2 Å². The minimum Gasteiger partial charge on any atom is -0.478 e. The Labute approximate surface area is 107 Å². The maximum absolute atomic E-state index is 11.3. The van der Waals surface area contributed by atoms with Gasteiger partial charge in [0.05, 0.1) is 11.3 Å².